The molecule has 0 aliphatic carbocycles. The maximum atomic E-state index is 12.0. The molecule has 116 valence electrons. The van der Waals surface area contributed by atoms with Crippen LogP contribution < -0.4 is 15.4 Å². The summed E-state index contributed by atoms with van der Waals surface area (Å²) in [6.45, 7) is 5.13. The molecule has 0 saturated heterocycles. The van der Waals surface area contributed by atoms with Gasteiger partial charge in [-0.1, -0.05) is 30.3 Å². The van der Waals surface area contributed by atoms with E-state index in [0.29, 0.717) is 31.0 Å². The van der Waals surface area contributed by atoms with Gasteiger partial charge in [0.15, 0.2) is 0 Å². The lowest BCUT2D eigenvalue weighted by atomic mass is 10.2. The van der Waals surface area contributed by atoms with Gasteiger partial charge in [-0.15, -0.1) is 0 Å². The summed E-state index contributed by atoms with van der Waals surface area (Å²) in [6, 6.07) is 15.5. The quantitative estimate of drug-likeness (QED) is 0.816. The number of aryl methyl sites for hydroxylation is 1. The second-order valence-electron chi connectivity index (χ2n) is 4.97. The minimum absolute atomic E-state index is 0.0340. The van der Waals surface area contributed by atoms with E-state index < -0.39 is 0 Å². The summed E-state index contributed by atoms with van der Waals surface area (Å²) in [7, 11) is 0. The highest BCUT2D eigenvalue weighted by Crippen LogP contribution is 2.23. The van der Waals surface area contributed by atoms with Gasteiger partial charge in [-0.25, -0.2) is 0 Å². The Morgan fingerprint density at radius 3 is 2.45 bits per heavy atom. The highest BCUT2D eigenvalue weighted by molar-refractivity contribution is 5.92. The molecule has 0 atom stereocenters. The Morgan fingerprint density at radius 1 is 1.05 bits per heavy atom. The summed E-state index contributed by atoms with van der Waals surface area (Å²) in [5, 5.41) is 6.17. The summed E-state index contributed by atoms with van der Waals surface area (Å²) in [5.41, 5.74) is 2.94. The van der Waals surface area contributed by atoms with Gasteiger partial charge in [0.05, 0.1) is 12.3 Å². The third-order valence-electron chi connectivity index (χ3n) is 3.27. The zero-order valence-electron chi connectivity index (χ0n) is 13.1. The van der Waals surface area contributed by atoms with Crippen LogP contribution in [0.5, 0.6) is 5.75 Å². The van der Waals surface area contributed by atoms with Crippen LogP contribution in [0.25, 0.3) is 0 Å². The van der Waals surface area contributed by atoms with Crippen molar-refractivity contribution in [2.75, 3.05) is 23.8 Å². The number of anilines is 2. The third-order valence-corrected chi connectivity index (χ3v) is 3.27. The van der Waals surface area contributed by atoms with Crippen LogP contribution in [0, 0.1) is 6.92 Å². The molecule has 0 fully saturated rings. The van der Waals surface area contributed by atoms with Crippen molar-refractivity contribution in [3.63, 3.8) is 0 Å². The summed E-state index contributed by atoms with van der Waals surface area (Å²) in [4.78, 5) is 12.0. The Hall–Kier alpha value is -2.49. The standard InChI is InChI=1S/C18H22N2O2/c1-3-22-17-11-7-6-10-16(17)20-18(21)12-13-19-15-9-5-4-8-14(15)2/h4-11,19H,3,12-13H2,1-2H3,(H,20,21). The highest BCUT2D eigenvalue weighted by atomic mass is 16.5. The predicted octanol–water partition coefficient (Wildman–Crippen LogP) is 3.83. The van der Waals surface area contributed by atoms with Gasteiger partial charge in [-0.2, -0.15) is 0 Å². The fraction of sp³-hybridized carbons (Fsp3) is 0.278. The SMILES string of the molecule is CCOc1ccccc1NC(=O)CCNc1ccccc1C. The molecular formula is C18H22N2O2. The van der Waals surface area contributed by atoms with Crippen LogP contribution in [0.4, 0.5) is 11.4 Å². The number of benzene rings is 2. The topological polar surface area (TPSA) is 50.4 Å². The van der Waals surface area contributed by atoms with Crippen LogP contribution in [0.15, 0.2) is 48.5 Å². The van der Waals surface area contributed by atoms with Crippen molar-refractivity contribution in [1.29, 1.82) is 0 Å². The first-order chi connectivity index (χ1) is 10.7. The molecule has 2 aromatic rings. The number of rotatable bonds is 7. The minimum atomic E-state index is -0.0340. The van der Waals surface area contributed by atoms with E-state index >= 15 is 0 Å². The van der Waals surface area contributed by atoms with Crippen LogP contribution in [-0.2, 0) is 4.79 Å². The molecule has 0 aliphatic heterocycles. The van der Waals surface area contributed by atoms with Gasteiger partial charge in [0.2, 0.25) is 5.91 Å². The van der Waals surface area contributed by atoms with E-state index in [0.717, 1.165) is 5.69 Å². The fourth-order valence-electron chi connectivity index (χ4n) is 2.15. The van der Waals surface area contributed by atoms with Crippen LogP contribution in [0.2, 0.25) is 0 Å². The molecule has 0 saturated carbocycles. The molecule has 0 unspecified atom stereocenters. The molecule has 2 N–H and O–H groups in total. The lowest BCUT2D eigenvalue weighted by Gasteiger charge is -2.12. The second-order valence-corrected chi connectivity index (χ2v) is 4.97. The molecule has 2 aromatic carbocycles. The molecule has 22 heavy (non-hydrogen) atoms. The third kappa shape index (κ3) is 4.52. The molecule has 0 aromatic heterocycles. The maximum Gasteiger partial charge on any atom is 0.226 e. The molecule has 4 heteroatoms. The number of ether oxygens (including phenoxy) is 1. The summed E-state index contributed by atoms with van der Waals surface area (Å²) in [5.74, 6) is 0.665. The Bertz CT molecular complexity index is 626. The number of hydrogen-bond acceptors (Lipinski definition) is 3. The van der Waals surface area contributed by atoms with Gasteiger partial charge >= 0.3 is 0 Å². The van der Waals surface area contributed by atoms with Gasteiger partial charge in [0, 0.05) is 18.7 Å². The van der Waals surface area contributed by atoms with Crippen molar-refractivity contribution in [2.45, 2.75) is 20.3 Å². The Balaban J connectivity index is 1.85. The number of carbonyl (C=O) groups excluding carboxylic acids is 1. The average molecular weight is 298 g/mol. The number of nitrogens with one attached hydrogen (secondary N) is 2. The molecule has 2 rings (SSSR count). The van der Waals surface area contributed by atoms with Crippen molar-refractivity contribution < 1.29 is 9.53 Å². The lowest BCUT2D eigenvalue weighted by molar-refractivity contribution is -0.116. The largest absolute Gasteiger partial charge is 0.492 e. The van der Waals surface area contributed by atoms with Gasteiger partial charge in [-0.05, 0) is 37.6 Å². The molecule has 1 amide bonds. The molecule has 0 bridgehead atoms. The zero-order valence-corrected chi connectivity index (χ0v) is 13.1. The number of hydrogen-bond donors (Lipinski definition) is 2. The fourth-order valence-corrected chi connectivity index (χ4v) is 2.15. The second kappa shape index (κ2) is 8.08. The Morgan fingerprint density at radius 2 is 1.73 bits per heavy atom. The Labute approximate surface area is 131 Å². The van der Waals surface area contributed by atoms with Crippen LogP contribution in [0.3, 0.4) is 0 Å². The van der Waals surface area contributed by atoms with E-state index in [9.17, 15) is 4.79 Å². The van der Waals surface area contributed by atoms with Gasteiger partial charge in [0.1, 0.15) is 5.75 Å². The Kier molecular flexibility index (Phi) is 5.83. The first-order valence-corrected chi connectivity index (χ1v) is 7.52. The summed E-state index contributed by atoms with van der Waals surface area (Å²) < 4.78 is 5.50. The van der Waals surface area contributed by atoms with E-state index in [1.54, 1.807) is 0 Å². The van der Waals surface area contributed by atoms with E-state index in [-0.39, 0.29) is 5.91 Å². The molecule has 0 spiro atoms. The van der Waals surface area contributed by atoms with Crippen molar-refractivity contribution in [1.82, 2.24) is 0 Å². The van der Waals surface area contributed by atoms with Gasteiger partial charge in [0.25, 0.3) is 0 Å². The van der Waals surface area contributed by atoms with Crippen LogP contribution in [-0.4, -0.2) is 19.1 Å². The van der Waals surface area contributed by atoms with E-state index in [2.05, 4.69) is 10.6 Å². The van der Waals surface area contributed by atoms with E-state index in [1.807, 2.05) is 62.4 Å². The summed E-state index contributed by atoms with van der Waals surface area (Å²) in [6.07, 6.45) is 0.398. The van der Waals surface area contributed by atoms with Crippen molar-refractivity contribution in [3.8, 4) is 5.75 Å². The van der Waals surface area contributed by atoms with Crippen LogP contribution >= 0.6 is 0 Å². The molecule has 4 nitrogen and oxygen atoms in total. The van der Waals surface area contributed by atoms with E-state index in [1.165, 1.54) is 5.56 Å². The van der Waals surface area contributed by atoms with Crippen molar-refractivity contribution in [2.24, 2.45) is 0 Å². The maximum absolute atomic E-state index is 12.0. The average Bonchev–Trinajstić information content (AvgIpc) is 2.51. The van der Waals surface area contributed by atoms with Crippen molar-refractivity contribution >= 4 is 17.3 Å². The first kappa shape index (κ1) is 15.9. The molecule has 0 heterocycles. The van der Waals surface area contributed by atoms with Gasteiger partial charge in [-0.3, -0.25) is 4.79 Å². The predicted molar refractivity (Wildman–Crippen MR) is 90.5 cm³/mol. The van der Waals surface area contributed by atoms with E-state index in [4.69, 9.17) is 4.74 Å². The number of para-hydroxylation sites is 3. The normalized spacial score (nSPS) is 10.1. The number of carbonyl (C=O) groups is 1. The first-order valence-electron chi connectivity index (χ1n) is 7.52. The minimum Gasteiger partial charge on any atom is -0.492 e. The monoisotopic (exact) mass is 298 g/mol. The molecular weight excluding hydrogens is 276 g/mol. The van der Waals surface area contributed by atoms with Crippen LogP contribution in [0.1, 0.15) is 18.9 Å². The smallest absolute Gasteiger partial charge is 0.226 e. The van der Waals surface area contributed by atoms with Crippen molar-refractivity contribution in [3.05, 3.63) is 54.1 Å². The van der Waals surface area contributed by atoms with Gasteiger partial charge < -0.3 is 15.4 Å². The summed E-state index contributed by atoms with van der Waals surface area (Å²) >= 11 is 0. The number of amides is 1. The highest BCUT2D eigenvalue weighted by Gasteiger charge is 2.07. The lowest BCUT2D eigenvalue weighted by Crippen LogP contribution is -2.17. The zero-order chi connectivity index (χ0) is 15.8. The molecule has 0 radical (unpaired) electrons. The molecule has 0 aliphatic rings.